The molecule has 1 aliphatic heterocycles. The summed E-state index contributed by atoms with van der Waals surface area (Å²) in [5, 5.41) is 0. The van der Waals surface area contributed by atoms with E-state index in [1.807, 2.05) is 34.6 Å². The fraction of sp³-hybridized carbons (Fsp3) is 0.682. The monoisotopic (exact) mass is 468 g/mol. The minimum absolute atomic E-state index is 0.0355. The first-order chi connectivity index (χ1) is 14.8. The van der Waals surface area contributed by atoms with Crippen LogP contribution in [0.3, 0.4) is 0 Å². The van der Waals surface area contributed by atoms with Crippen LogP contribution in [0.2, 0.25) is 0 Å². The number of pyridine rings is 1. The van der Waals surface area contributed by atoms with Crippen LogP contribution in [0.5, 0.6) is 0 Å². The molecule has 0 spiro atoms. The maximum atomic E-state index is 12.9. The Balaban J connectivity index is 2.00. The van der Waals surface area contributed by atoms with Crippen molar-refractivity contribution in [2.75, 3.05) is 33.2 Å². The van der Waals surface area contributed by atoms with E-state index < -0.39 is 15.6 Å². The van der Waals surface area contributed by atoms with Gasteiger partial charge in [-0.1, -0.05) is 0 Å². The molecule has 1 aliphatic rings. The summed E-state index contributed by atoms with van der Waals surface area (Å²) in [6.07, 6.45) is 4.09. The largest absolute Gasteiger partial charge is 0.444 e. The number of sulfonamides is 1. The summed E-state index contributed by atoms with van der Waals surface area (Å²) in [6.45, 7) is 10.7. The van der Waals surface area contributed by atoms with Gasteiger partial charge >= 0.3 is 6.09 Å². The molecule has 1 saturated heterocycles. The van der Waals surface area contributed by atoms with Gasteiger partial charge in [-0.05, 0) is 65.5 Å². The highest BCUT2D eigenvalue weighted by Crippen LogP contribution is 2.21. The number of amides is 2. The van der Waals surface area contributed by atoms with Gasteiger partial charge in [0.05, 0.1) is 6.54 Å². The Labute approximate surface area is 191 Å². The summed E-state index contributed by atoms with van der Waals surface area (Å²) in [5.41, 5.74) is -0.580. The number of hydrogen-bond donors (Lipinski definition) is 0. The number of piperidine rings is 1. The first-order valence-corrected chi connectivity index (χ1v) is 12.4. The second kappa shape index (κ2) is 10.6. The molecule has 1 atom stereocenters. The van der Waals surface area contributed by atoms with Crippen molar-refractivity contribution in [3.05, 3.63) is 24.5 Å². The molecule has 1 fully saturated rings. The number of aromatic nitrogens is 1. The first-order valence-electron chi connectivity index (χ1n) is 10.9. The average molecular weight is 469 g/mol. The van der Waals surface area contributed by atoms with Crippen molar-refractivity contribution in [2.24, 2.45) is 5.92 Å². The maximum Gasteiger partial charge on any atom is 0.410 e. The lowest BCUT2D eigenvalue weighted by Gasteiger charge is -2.38. The molecule has 2 rings (SSSR count). The molecule has 0 bridgehead atoms. The van der Waals surface area contributed by atoms with Crippen molar-refractivity contribution in [2.45, 2.75) is 64.0 Å². The molecular weight excluding hydrogens is 432 g/mol. The van der Waals surface area contributed by atoms with E-state index in [1.165, 1.54) is 25.5 Å². The molecule has 0 aliphatic carbocycles. The van der Waals surface area contributed by atoms with Gasteiger partial charge in [0.1, 0.15) is 10.5 Å². The van der Waals surface area contributed by atoms with E-state index in [0.717, 1.165) is 17.1 Å². The van der Waals surface area contributed by atoms with Crippen LogP contribution in [0.1, 0.15) is 47.5 Å². The van der Waals surface area contributed by atoms with Crippen LogP contribution in [0, 0.1) is 5.92 Å². The van der Waals surface area contributed by atoms with Crippen molar-refractivity contribution >= 4 is 22.0 Å². The van der Waals surface area contributed by atoms with Gasteiger partial charge in [0.25, 0.3) is 0 Å². The standard InChI is InChI=1S/C22H36N4O5S/c1-17(2)26(21(28)31-22(3,4)5)15-18-9-8-12-25(14-18)20(27)16-24(6)32(29,30)19-10-7-11-23-13-19/h7,10-11,13,17-18H,8-9,12,14-16H2,1-6H3. The molecule has 9 nitrogen and oxygen atoms in total. The molecule has 1 aromatic rings. The lowest BCUT2D eigenvalue weighted by molar-refractivity contribution is -0.133. The smallest absolute Gasteiger partial charge is 0.410 e. The molecule has 0 aromatic carbocycles. The Morgan fingerprint density at radius 3 is 2.56 bits per heavy atom. The summed E-state index contributed by atoms with van der Waals surface area (Å²) in [6, 6.07) is 2.96. The quantitative estimate of drug-likeness (QED) is 0.610. The zero-order valence-electron chi connectivity index (χ0n) is 19.9. The summed E-state index contributed by atoms with van der Waals surface area (Å²) >= 11 is 0. The number of rotatable bonds is 7. The van der Waals surface area contributed by atoms with E-state index in [4.69, 9.17) is 4.74 Å². The van der Waals surface area contributed by atoms with Crippen LogP contribution >= 0.6 is 0 Å². The van der Waals surface area contributed by atoms with Gasteiger partial charge in [-0.3, -0.25) is 9.78 Å². The third kappa shape index (κ3) is 7.16. The highest BCUT2D eigenvalue weighted by molar-refractivity contribution is 7.89. The molecule has 2 heterocycles. The first kappa shape index (κ1) is 26.1. The van der Waals surface area contributed by atoms with E-state index in [1.54, 1.807) is 15.9 Å². The zero-order valence-corrected chi connectivity index (χ0v) is 20.8. The Hall–Kier alpha value is -2.20. The van der Waals surface area contributed by atoms with Gasteiger partial charge in [0, 0.05) is 45.1 Å². The minimum Gasteiger partial charge on any atom is -0.444 e. The van der Waals surface area contributed by atoms with Crippen LogP contribution in [0.15, 0.2) is 29.4 Å². The Morgan fingerprint density at radius 1 is 1.31 bits per heavy atom. The molecule has 0 N–H and O–H groups in total. The number of nitrogens with zero attached hydrogens (tertiary/aromatic N) is 4. The molecule has 2 amide bonds. The number of hydrogen-bond acceptors (Lipinski definition) is 6. The number of carbonyl (C=O) groups is 2. The highest BCUT2D eigenvalue weighted by atomic mass is 32.2. The molecular formula is C22H36N4O5S. The third-order valence-corrected chi connectivity index (χ3v) is 7.07. The van der Waals surface area contributed by atoms with Gasteiger partial charge < -0.3 is 14.5 Å². The van der Waals surface area contributed by atoms with Crippen molar-refractivity contribution in [3.8, 4) is 0 Å². The van der Waals surface area contributed by atoms with Crippen molar-refractivity contribution < 1.29 is 22.7 Å². The predicted molar refractivity (Wildman–Crippen MR) is 121 cm³/mol. The third-order valence-electron chi connectivity index (χ3n) is 5.28. The normalized spacial score (nSPS) is 17.5. The molecule has 0 saturated carbocycles. The van der Waals surface area contributed by atoms with E-state index >= 15 is 0 Å². The average Bonchev–Trinajstić information content (AvgIpc) is 2.71. The second-order valence-corrected chi connectivity index (χ2v) is 11.6. The predicted octanol–water partition coefficient (Wildman–Crippen LogP) is 2.59. The molecule has 1 aromatic heterocycles. The lowest BCUT2D eigenvalue weighted by atomic mass is 9.97. The van der Waals surface area contributed by atoms with Gasteiger partial charge in [-0.2, -0.15) is 4.31 Å². The molecule has 32 heavy (non-hydrogen) atoms. The van der Waals surface area contributed by atoms with E-state index in [2.05, 4.69) is 4.98 Å². The summed E-state index contributed by atoms with van der Waals surface area (Å²) in [7, 11) is -2.40. The Kier molecular flexibility index (Phi) is 8.64. The Morgan fingerprint density at radius 2 is 2.00 bits per heavy atom. The fourth-order valence-corrected chi connectivity index (χ4v) is 4.68. The Bertz CT molecular complexity index is 883. The summed E-state index contributed by atoms with van der Waals surface area (Å²) in [5.74, 6) is -0.152. The van der Waals surface area contributed by atoms with E-state index in [9.17, 15) is 18.0 Å². The minimum atomic E-state index is -3.79. The van der Waals surface area contributed by atoms with Crippen LogP contribution in [0.4, 0.5) is 4.79 Å². The summed E-state index contributed by atoms with van der Waals surface area (Å²) < 4.78 is 32.0. The van der Waals surface area contributed by atoms with Crippen LogP contribution in [-0.2, 0) is 19.6 Å². The number of ether oxygens (including phenoxy) is 1. The van der Waals surface area contributed by atoms with Gasteiger partial charge in [0.15, 0.2) is 0 Å². The van der Waals surface area contributed by atoms with Crippen LogP contribution in [0.25, 0.3) is 0 Å². The van der Waals surface area contributed by atoms with Crippen molar-refractivity contribution in [1.29, 1.82) is 0 Å². The molecule has 0 radical (unpaired) electrons. The van der Waals surface area contributed by atoms with Gasteiger partial charge in [0.2, 0.25) is 15.9 Å². The second-order valence-electron chi connectivity index (χ2n) is 9.52. The molecule has 10 heteroatoms. The van der Waals surface area contributed by atoms with Crippen molar-refractivity contribution in [3.63, 3.8) is 0 Å². The number of likely N-dealkylation sites (N-methyl/N-ethyl adjacent to an activating group) is 1. The topological polar surface area (TPSA) is 100 Å². The molecule has 1 unspecified atom stereocenters. The molecule has 180 valence electrons. The van der Waals surface area contributed by atoms with Crippen molar-refractivity contribution in [1.82, 2.24) is 19.1 Å². The SMILES string of the molecule is CC(C)N(CC1CCCN(C(=O)CN(C)S(=O)(=O)c2cccnc2)C1)C(=O)OC(C)(C)C. The fourth-order valence-electron chi connectivity index (χ4n) is 3.59. The number of likely N-dealkylation sites (tertiary alicyclic amines) is 1. The number of carbonyl (C=O) groups excluding carboxylic acids is 2. The van der Waals surface area contributed by atoms with Crippen LogP contribution < -0.4 is 0 Å². The zero-order chi connectivity index (χ0) is 24.1. The van der Waals surface area contributed by atoms with Gasteiger partial charge in [-0.25, -0.2) is 13.2 Å². The van der Waals surface area contributed by atoms with E-state index in [0.29, 0.717) is 19.6 Å². The summed E-state index contributed by atoms with van der Waals surface area (Å²) in [4.78, 5) is 32.8. The maximum absolute atomic E-state index is 12.9. The van der Waals surface area contributed by atoms with E-state index in [-0.39, 0.29) is 35.4 Å². The van der Waals surface area contributed by atoms with Crippen LogP contribution in [-0.4, -0.2) is 84.4 Å². The highest BCUT2D eigenvalue weighted by Gasteiger charge is 2.31. The lowest BCUT2D eigenvalue weighted by Crippen LogP contribution is -2.49. The van der Waals surface area contributed by atoms with Gasteiger partial charge in [-0.15, -0.1) is 0 Å².